The molecule has 2 aliphatic rings. The number of anilines is 6. The molecule has 4 heteroatoms. The van der Waals surface area contributed by atoms with Gasteiger partial charge in [-0.3, -0.25) is 0 Å². The molecule has 74 heavy (non-hydrogen) atoms. The van der Waals surface area contributed by atoms with Crippen molar-refractivity contribution in [3.8, 4) is 44.5 Å². The highest BCUT2D eigenvalue weighted by Crippen LogP contribution is 2.58. The Kier molecular flexibility index (Phi) is 9.68. The van der Waals surface area contributed by atoms with Crippen molar-refractivity contribution in [2.75, 3.05) is 9.80 Å². The van der Waals surface area contributed by atoms with E-state index in [9.17, 15) is 0 Å². The van der Waals surface area contributed by atoms with Crippen LogP contribution in [0.15, 0.2) is 231 Å². The van der Waals surface area contributed by atoms with Gasteiger partial charge in [-0.05, 0) is 127 Å². The lowest BCUT2D eigenvalue weighted by atomic mass is 9.82. The second-order valence-corrected chi connectivity index (χ2v) is 21.1. The van der Waals surface area contributed by atoms with E-state index in [-0.39, 0.29) is 22.5 Å². The molecule has 0 bridgehead atoms. The van der Waals surface area contributed by atoms with Crippen LogP contribution < -0.4 is 9.80 Å². The maximum absolute atomic E-state index is 15.3. The molecule has 0 saturated heterocycles. The van der Waals surface area contributed by atoms with Crippen molar-refractivity contribution in [1.82, 2.24) is 0 Å². The van der Waals surface area contributed by atoms with Gasteiger partial charge in [-0.15, -0.1) is 0 Å². The van der Waals surface area contributed by atoms with Crippen LogP contribution in [0.2, 0.25) is 0 Å². The van der Waals surface area contributed by atoms with Gasteiger partial charge in [-0.25, -0.2) is 8.78 Å². The monoisotopic (exact) mass is 956 g/mol. The molecule has 14 rings (SSSR count). The largest absolute Gasteiger partial charge is 0.309 e. The number of hydrogen-bond acceptors (Lipinski definition) is 2. The molecule has 12 aromatic carbocycles. The zero-order chi connectivity index (χ0) is 50.0. The first-order chi connectivity index (χ1) is 36.1. The number of para-hydroxylation sites is 2. The number of benzene rings is 12. The summed E-state index contributed by atoms with van der Waals surface area (Å²) in [6, 6.07) is 79.9. The van der Waals surface area contributed by atoms with Crippen LogP contribution in [0.3, 0.4) is 0 Å². The molecule has 2 nitrogen and oxygen atoms in total. The quantitative estimate of drug-likeness (QED) is 0.140. The van der Waals surface area contributed by atoms with Crippen LogP contribution in [-0.4, -0.2) is 0 Å². The second-order valence-electron chi connectivity index (χ2n) is 21.1. The Hall–Kier alpha value is -8.86. The highest BCUT2D eigenvalue weighted by atomic mass is 19.1. The predicted octanol–water partition coefficient (Wildman–Crippen LogP) is 19.7. The summed E-state index contributed by atoms with van der Waals surface area (Å²) in [5, 5.41) is 6.76. The number of rotatable bonds is 8. The topological polar surface area (TPSA) is 6.48 Å². The molecule has 0 aliphatic heterocycles. The molecule has 0 saturated carbocycles. The summed E-state index contributed by atoms with van der Waals surface area (Å²) in [5.41, 5.74) is 19.0. The minimum atomic E-state index is -0.278. The van der Waals surface area contributed by atoms with E-state index in [0.29, 0.717) is 0 Å². The Bertz CT molecular complexity index is 3990. The van der Waals surface area contributed by atoms with E-state index < -0.39 is 0 Å². The zero-order valence-corrected chi connectivity index (χ0v) is 41.6. The maximum Gasteiger partial charge on any atom is 0.123 e. The fourth-order valence-corrected chi connectivity index (χ4v) is 12.9. The molecule has 0 heterocycles. The summed E-state index contributed by atoms with van der Waals surface area (Å²) in [5.74, 6) is -0.556. The summed E-state index contributed by atoms with van der Waals surface area (Å²) in [6.45, 7) is 9.29. The van der Waals surface area contributed by atoms with Gasteiger partial charge in [-0.1, -0.05) is 198 Å². The number of nitrogens with zero attached hydrogens (tertiary/aromatic N) is 2. The second kappa shape index (κ2) is 16.3. The molecule has 0 atom stereocenters. The maximum atomic E-state index is 15.3. The lowest BCUT2D eigenvalue weighted by molar-refractivity contribution is 0.628. The van der Waals surface area contributed by atoms with Crippen molar-refractivity contribution in [3.05, 3.63) is 264 Å². The van der Waals surface area contributed by atoms with E-state index in [1.54, 1.807) is 24.3 Å². The van der Waals surface area contributed by atoms with E-state index in [2.05, 4.69) is 207 Å². The van der Waals surface area contributed by atoms with Crippen LogP contribution in [0, 0.1) is 11.6 Å². The van der Waals surface area contributed by atoms with Crippen molar-refractivity contribution in [1.29, 1.82) is 0 Å². The minimum absolute atomic E-state index is 0.232. The van der Waals surface area contributed by atoms with Crippen molar-refractivity contribution < 1.29 is 8.78 Å². The number of fused-ring (bicyclic) bond motifs is 6. The van der Waals surface area contributed by atoms with Crippen molar-refractivity contribution in [3.63, 3.8) is 0 Å². The average molecular weight is 957 g/mol. The van der Waals surface area contributed by atoms with Crippen LogP contribution in [0.25, 0.3) is 76.8 Å². The molecule has 0 fully saturated rings. The standard InChI is InChI=1S/C70H50F2N2/c1-69(2)55-25-9-5-23-51(55)67-57(69)27-15-31-63(67)73(59-29-11-7-21-49(59)45-17-13-19-47(71)41-45)61-39-35-43-34-38-54-62(40-36-44-33-37-53(61)65(43)66(44)54)74(60-30-12-8-22-50(60)46-18-14-20-48(72)42-46)64-32-16-28-58-68(64)52-24-6-10-26-56(52)70(58,3)4/h5-42H,1-4H3. The molecular formula is C70H50F2N2. The lowest BCUT2D eigenvalue weighted by Crippen LogP contribution is -2.16. The normalized spacial score (nSPS) is 13.8. The van der Waals surface area contributed by atoms with Crippen LogP contribution in [-0.2, 0) is 10.8 Å². The van der Waals surface area contributed by atoms with Gasteiger partial charge in [-0.2, -0.15) is 0 Å². The summed E-state index contributed by atoms with van der Waals surface area (Å²) in [6.07, 6.45) is 0. The van der Waals surface area contributed by atoms with E-state index in [0.717, 1.165) is 88.7 Å². The van der Waals surface area contributed by atoms with Crippen LogP contribution in [0.1, 0.15) is 49.9 Å². The van der Waals surface area contributed by atoms with Gasteiger partial charge >= 0.3 is 0 Å². The SMILES string of the molecule is CC1(C)c2ccccc2-c2c(N(c3ccccc3-c3cccc(F)c3)c3ccc4ccc5c(N(c6ccccc6-c6cccc(F)c6)c6cccc7c6-c6ccccc6C7(C)C)ccc6ccc3c4c65)cccc21. The van der Waals surface area contributed by atoms with Crippen LogP contribution >= 0.6 is 0 Å². The van der Waals surface area contributed by atoms with Gasteiger partial charge < -0.3 is 9.80 Å². The summed E-state index contributed by atoms with van der Waals surface area (Å²) >= 11 is 0. The van der Waals surface area contributed by atoms with Crippen LogP contribution in [0.4, 0.5) is 42.9 Å². The summed E-state index contributed by atoms with van der Waals surface area (Å²) < 4.78 is 30.5. The Labute approximate surface area is 430 Å². The lowest BCUT2D eigenvalue weighted by Gasteiger charge is -2.33. The average Bonchev–Trinajstić information content (AvgIpc) is 3.84. The Morgan fingerprint density at radius 1 is 0.297 bits per heavy atom. The highest BCUT2D eigenvalue weighted by molar-refractivity contribution is 6.28. The third-order valence-electron chi connectivity index (χ3n) is 16.3. The Morgan fingerprint density at radius 3 is 1.08 bits per heavy atom. The fraction of sp³-hybridized carbons (Fsp3) is 0.0857. The van der Waals surface area contributed by atoms with Gasteiger partial charge in [0.25, 0.3) is 0 Å². The van der Waals surface area contributed by atoms with Gasteiger partial charge in [0.2, 0.25) is 0 Å². The zero-order valence-electron chi connectivity index (χ0n) is 41.6. The molecule has 0 radical (unpaired) electrons. The fourth-order valence-electron chi connectivity index (χ4n) is 12.9. The smallest absolute Gasteiger partial charge is 0.123 e. The van der Waals surface area contributed by atoms with Gasteiger partial charge in [0, 0.05) is 43.9 Å². The molecule has 0 spiro atoms. The molecule has 0 unspecified atom stereocenters. The summed E-state index contributed by atoms with van der Waals surface area (Å²) in [7, 11) is 0. The van der Waals surface area contributed by atoms with E-state index in [1.807, 2.05) is 24.3 Å². The third-order valence-corrected chi connectivity index (χ3v) is 16.3. The molecule has 0 N–H and O–H groups in total. The first-order valence-electron chi connectivity index (χ1n) is 25.6. The molecule has 354 valence electrons. The van der Waals surface area contributed by atoms with Gasteiger partial charge in [0.15, 0.2) is 0 Å². The highest BCUT2D eigenvalue weighted by Gasteiger charge is 2.40. The van der Waals surface area contributed by atoms with E-state index in [1.165, 1.54) is 56.6 Å². The predicted molar refractivity (Wildman–Crippen MR) is 305 cm³/mol. The minimum Gasteiger partial charge on any atom is -0.309 e. The first kappa shape index (κ1) is 43.9. The third kappa shape index (κ3) is 6.40. The van der Waals surface area contributed by atoms with Crippen LogP contribution in [0.5, 0.6) is 0 Å². The van der Waals surface area contributed by atoms with E-state index in [4.69, 9.17) is 0 Å². The molecule has 2 aliphatic carbocycles. The molecule has 12 aromatic rings. The van der Waals surface area contributed by atoms with Crippen molar-refractivity contribution in [2.24, 2.45) is 0 Å². The molecular weight excluding hydrogens is 907 g/mol. The van der Waals surface area contributed by atoms with E-state index >= 15 is 8.78 Å². The van der Waals surface area contributed by atoms with Gasteiger partial charge in [0.05, 0.1) is 34.1 Å². The number of hydrogen-bond donors (Lipinski definition) is 0. The Balaban J connectivity index is 1.06. The molecule has 0 amide bonds. The summed E-state index contributed by atoms with van der Waals surface area (Å²) in [4.78, 5) is 4.86. The Morgan fingerprint density at radius 2 is 0.649 bits per heavy atom. The molecule has 0 aromatic heterocycles. The van der Waals surface area contributed by atoms with Gasteiger partial charge in [0.1, 0.15) is 11.6 Å². The number of halogens is 2. The van der Waals surface area contributed by atoms with Crippen molar-refractivity contribution >= 4 is 66.4 Å². The first-order valence-corrected chi connectivity index (χ1v) is 25.6. The van der Waals surface area contributed by atoms with Crippen molar-refractivity contribution in [2.45, 2.75) is 38.5 Å².